The highest BCUT2D eigenvalue weighted by Gasteiger charge is 2.14. The fraction of sp³-hybridized carbons (Fsp3) is 0.211. The van der Waals surface area contributed by atoms with Crippen LogP contribution in [0.2, 0.25) is 0 Å². The van der Waals surface area contributed by atoms with Gasteiger partial charge in [-0.3, -0.25) is 0 Å². The summed E-state index contributed by atoms with van der Waals surface area (Å²) in [6.45, 7) is 0.0575. The highest BCUT2D eigenvalue weighted by Crippen LogP contribution is 2.29. The first-order valence-corrected chi connectivity index (χ1v) is 10.8. The molecule has 4 aromatic rings. The number of aromatic nitrogens is 3. The van der Waals surface area contributed by atoms with Gasteiger partial charge in [0.15, 0.2) is 11.0 Å². The topological polar surface area (TPSA) is 80.9 Å². The first-order valence-electron chi connectivity index (χ1n) is 8.77. The first kappa shape index (κ1) is 19.7. The maximum Gasteiger partial charge on any atom is 0.325 e. The van der Waals surface area contributed by atoms with Gasteiger partial charge in [-0.2, -0.15) is 8.78 Å². The zero-order chi connectivity index (χ0) is 20.2. The highest BCUT2D eigenvalue weighted by molar-refractivity contribution is 7.83. The van der Waals surface area contributed by atoms with Gasteiger partial charge in [-0.1, -0.05) is 36.4 Å². The minimum Gasteiger partial charge on any atom is -0.425 e. The van der Waals surface area contributed by atoms with E-state index < -0.39 is 16.7 Å². The van der Waals surface area contributed by atoms with E-state index in [1.165, 1.54) is 0 Å². The molecule has 150 valence electrons. The van der Waals surface area contributed by atoms with E-state index in [-0.39, 0.29) is 13.0 Å². The van der Waals surface area contributed by atoms with Gasteiger partial charge in [0, 0.05) is 13.0 Å². The number of alkyl halides is 2. The van der Waals surface area contributed by atoms with Crippen LogP contribution in [0.15, 0.2) is 52.9 Å². The largest absolute Gasteiger partial charge is 0.425 e. The van der Waals surface area contributed by atoms with Crippen LogP contribution in [0.3, 0.4) is 0 Å². The van der Waals surface area contributed by atoms with Gasteiger partial charge in [0.05, 0.1) is 16.6 Å². The number of benzene rings is 2. The second kappa shape index (κ2) is 8.85. The fourth-order valence-electron chi connectivity index (χ4n) is 2.77. The molecule has 4 rings (SSSR count). The fourth-order valence-corrected chi connectivity index (χ4v) is 4.20. The van der Waals surface area contributed by atoms with Crippen LogP contribution in [0.1, 0.15) is 16.8 Å². The summed E-state index contributed by atoms with van der Waals surface area (Å²) in [5, 5.41) is 8.72. The minimum atomic E-state index is -2.92. The molecule has 10 heteroatoms. The van der Waals surface area contributed by atoms with Crippen molar-refractivity contribution in [2.75, 3.05) is 6.54 Å². The molecule has 0 saturated carbocycles. The van der Waals surface area contributed by atoms with E-state index in [9.17, 15) is 13.0 Å². The van der Waals surface area contributed by atoms with Gasteiger partial charge in [-0.25, -0.2) is 13.9 Å². The number of nitrogens with one attached hydrogen (secondary N) is 1. The molecule has 0 spiro atoms. The molecule has 2 aromatic heterocycles. The summed E-state index contributed by atoms with van der Waals surface area (Å²) in [6, 6.07) is 16.3. The molecular weight excluding hydrogens is 418 g/mol. The lowest BCUT2D eigenvalue weighted by molar-refractivity contribution is 0.242. The van der Waals surface area contributed by atoms with Crippen LogP contribution >= 0.6 is 11.3 Å². The summed E-state index contributed by atoms with van der Waals surface area (Å²) < 4.78 is 44.2. The first-order chi connectivity index (χ1) is 14.1. The molecule has 0 bridgehead atoms. The maximum atomic E-state index is 12.2. The molecule has 2 aromatic carbocycles. The SMILES string of the molecule is O=S(NCCc1nnc(Cc2nc3ccc(-c4ccccc4)cc3s2)o1)C(F)F. The van der Waals surface area contributed by atoms with Gasteiger partial charge in [-0.05, 0) is 23.3 Å². The van der Waals surface area contributed by atoms with Gasteiger partial charge >= 0.3 is 5.76 Å². The number of hydrogen-bond donors (Lipinski definition) is 1. The Bertz CT molecular complexity index is 1130. The molecule has 1 atom stereocenters. The lowest BCUT2D eigenvalue weighted by Crippen LogP contribution is -2.24. The van der Waals surface area contributed by atoms with E-state index in [0.717, 1.165) is 26.4 Å². The quantitative estimate of drug-likeness (QED) is 0.454. The normalized spacial score (nSPS) is 12.7. The van der Waals surface area contributed by atoms with E-state index in [1.807, 2.05) is 30.3 Å². The Morgan fingerprint density at radius 2 is 1.86 bits per heavy atom. The zero-order valence-corrected chi connectivity index (χ0v) is 16.7. The Morgan fingerprint density at radius 3 is 2.66 bits per heavy atom. The van der Waals surface area contributed by atoms with Crippen LogP contribution in [0.25, 0.3) is 21.3 Å². The van der Waals surface area contributed by atoms with Crippen molar-refractivity contribution in [3.63, 3.8) is 0 Å². The van der Waals surface area contributed by atoms with Crippen molar-refractivity contribution in [2.45, 2.75) is 18.6 Å². The molecule has 0 saturated heterocycles. The van der Waals surface area contributed by atoms with Crippen LogP contribution in [-0.4, -0.2) is 31.7 Å². The van der Waals surface area contributed by atoms with Crippen molar-refractivity contribution in [3.8, 4) is 11.1 Å². The van der Waals surface area contributed by atoms with Gasteiger partial charge < -0.3 is 4.42 Å². The third-order valence-electron chi connectivity index (χ3n) is 4.10. The van der Waals surface area contributed by atoms with Crippen molar-refractivity contribution >= 4 is 32.5 Å². The molecule has 1 unspecified atom stereocenters. The van der Waals surface area contributed by atoms with Gasteiger partial charge in [0.1, 0.15) is 5.01 Å². The minimum absolute atomic E-state index is 0.0575. The predicted octanol–water partition coefficient (Wildman–Crippen LogP) is 3.96. The van der Waals surface area contributed by atoms with Gasteiger partial charge in [0.2, 0.25) is 11.8 Å². The number of hydrogen-bond acceptors (Lipinski definition) is 6. The second-order valence-electron chi connectivity index (χ2n) is 6.12. The van der Waals surface area contributed by atoms with Crippen LogP contribution in [0.4, 0.5) is 8.78 Å². The Kier molecular flexibility index (Phi) is 6.02. The maximum absolute atomic E-state index is 12.2. The number of halogens is 2. The molecule has 29 heavy (non-hydrogen) atoms. The Morgan fingerprint density at radius 1 is 1.07 bits per heavy atom. The summed E-state index contributed by atoms with van der Waals surface area (Å²) in [5.41, 5.74) is 3.18. The summed E-state index contributed by atoms with van der Waals surface area (Å²) in [7, 11) is -2.38. The standard InChI is InChI=1S/C19H16F2N4O2S2/c20-19(21)29(26)22-9-8-16-24-25-17(27-16)11-18-23-14-7-6-13(10-15(14)28-18)12-4-2-1-3-5-12/h1-7,10,19,22H,8-9,11H2. The Labute approximate surface area is 171 Å². The van der Waals surface area contributed by atoms with Crippen molar-refractivity contribution in [2.24, 2.45) is 0 Å². The third-order valence-corrected chi connectivity index (χ3v) is 5.93. The van der Waals surface area contributed by atoms with Gasteiger partial charge in [0.25, 0.3) is 0 Å². The van der Waals surface area contributed by atoms with E-state index in [0.29, 0.717) is 18.2 Å². The van der Waals surface area contributed by atoms with E-state index in [1.54, 1.807) is 11.3 Å². The molecule has 0 aliphatic heterocycles. The smallest absolute Gasteiger partial charge is 0.325 e. The van der Waals surface area contributed by atoms with Crippen molar-refractivity contribution in [1.82, 2.24) is 19.9 Å². The molecule has 0 aliphatic rings. The molecule has 0 amide bonds. The average Bonchev–Trinajstić information content (AvgIpc) is 3.34. The van der Waals surface area contributed by atoms with Crippen LogP contribution in [0.5, 0.6) is 0 Å². The highest BCUT2D eigenvalue weighted by atomic mass is 32.2. The Balaban J connectivity index is 1.42. The molecule has 1 N–H and O–H groups in total. The van der Waals surface area contributed by atoms with Gasteiger partial charge in [-0.15, -0.1) is 21.5 Å². The van der Waals surface area contributed by atoms with Crippen LogP contribution in [0, 0.1) is 0 Å². The number of fused-ring (bicyclic) bond motifs is 1. The lowest BCUT2D eigenvalue weighted by Gasteiger charge is -2.00. The lowest BCUT2D eigenvalue weighted by atomic mass is 10.1. The monoisotopic (exact) mass is 434 g/mol. The summed E-state index contributed by atoms with van der Waals surface area (Å²) in [4.78, 5) is 4.61. The van der Waals surface area contributed by atoms with E-state index in [4.69, 9.17) is 4.42 Å². The van der Waals surface area contributed by atoms with E-state index >= 15 is 0 Å². The molecule has 6 nitrogen and oxygen atoms in total. The van der Waals surface area contributed by atoms with Crippen LogP contribution < -0.4 is 4.72 Å². The number of rotatable bonds is 8. The third kappa shape index (κ3) is 4.89. The summed E-state index contributed by atoms with van der Waals surface area (Å²) in [6.07, 6.45) is 0.606. The van der Waals surface area contributed by atoms with E-state index in [2.05, 4.69) is 38.1 Å². The molecule has 0 aliphatic carbocycles. The molecular formula is C19H16F2N4O2S2. The summed E-state index contributed by atoms with van der Waals surface area (Å²) >= 11 is 1.56. The van der Waals surface area contributed by atoms with Crippen LogP contribution in [-0.2, 0) is 23.8 Å². The number of nitrogens with zero attached hydrogens (tertiary/aromatic N) is 3. The predicted molar refractivity (Wildman–Crippen MR) is 108 cm³/mol. The number of thiazole rings is 1. The zero-order valence-electron chi connectivity index (χ0n) is 15.0. The molecule has 0 fully saturated rings. The Hall–Kier alpha value is -2.56. The molecule has 0 radical (unpaired) electrons. The second-order valence-corrected chi connectivity index (χ2v) is 8.48. The van der Waals surface area contributed by atoms with Crippen molar-refractivity contribution < 1.29 is 17.4 Å². The van der Waals surface area contributed by atoms with Crippen molar-refractivity contribution in [1.29, 1.82) is 0 Å². The molecule has 2 heterocycles. The average molecular weight is 434 g/mol. The van der Waals surface area contributed by atoms with Crippen molar-refractivity contribution in [3.05, 3.63) is 65.3 Å². The summed E-state index contributed by atoms with van der Waals surface area (Å²) in [5.74, 6) is -2.22.